The van der Waals surface area contributed by atoms with Crippen LogP contribution in [0.4, 0.5) is 0 Å². The molecular weight excluding hydrogens is 296 g/mol. The minimum atomic E-state index is 0.691. The third-order valence-corrected chi connectivity index (χ3v) is 5.14. The predicted molar refractivity (Wildman–Crippen MR) is 85.5 cm³/mol. The number of nitrogens with zero attached hydrogens (tertiary/aromatic N) is 4. The number of ether oxygens (including phenoxy) is 1. The Hall–Kier alpha value is -1.37. The highest BCUT2D eigenvalue weighted by Gasteiger charge is 2.32. The molecule has 0 unspecified atom stereocenters. The van der Waals surface area contributed by atoms with E-state index in [1.54, 1.807) is 23.7 Å². The van der Waals surface area contributed by atoms with Crippen molar-refractivity contribution in [1.82, 2.24) is 19.9 Å². The standard InChI is InChI=1S/C16H20N4OS/c1-5-17-15(18-6-1)16-19-13(11-22-16)9-20(14-2-3-14)8-12-4-7-21-10-12/h1,5-6,11-12,14H,2-4,7-10H2/t12-/m0/s1. The fraction of sp³-hybridized carbons (Fsp3) is 0.562. The SMILES string of the molecule is c1cnc(-c2nc(CN(C[C@@H]3CCOC3)C3CC3)cs2)nc1. The van der Waals surface area contributed by atoms with Crippen LogP contribution in [0.25, 0.3) is 10.8 Å². The van der Waals surface area contributed by atoms with Crippen LogP contribution in [0, 0.1) is 5.92 Å². The van der Waals surface area contributed by atoms with Crippen molar-refractivity contribution in [3.8, 4) is 10.8 Å². The lowest BCUT2D eigenvalue weighted by molar-refractivity contribution is 0.161. The summed E-state index contributed by atoms with van der Waals surface area (Å²) in [6.45, 7) is 3.92. The predicted octanol–water partition coefficient (Wildman–Crippen LogP) is 2.60. The summed E-state index contributed by atoms with van der Waals surface area (Å²) in [5, 5.41) is 3.06. The number of thiazole rings is 1. The Morgan fingerprint density at radius 1 is 1.23 bits per heavy atom. The Labute approximate surface area is 134 Å². The lowest BCUT2D eigenvalue weighted by Gasteiger charge is -2.23. The maximum atomic E-state index is 5.51. The third-order valence-electron chi connectivity index (χ3n) is 4.25. The van der Waals surface area contributed by atoms with Gasteiger partial charge in [-0.05, 0) is 31.2 Å². The van der Waals surface area contributed by atoms with E-state index in [9.17, 15) is 0 Å². The van der Waals surface area contributed by atoms with E-state index in [-0.39, 0.29) is 0 Å². The zero-order valence-electron chi connectivity index (χ0n) is 12.5. The second kappa shape index (κ2) is 6.40. The van der Waals surface area contributed by atoms with Crippen LogP contribution in [0.5, 0.6) is 0 Å². The minimum Gasteiger partial charge on any atom is -0.381 e. The summed E-state index contributed by atoms with van der Waals surface area (Å²) in [7, 11) is 0. The molecule has 4 rings (SSSR count). The quantitative estimate of drug-likeness (QED) is 0.820. The molecular formula is C16H20N4OS. The molecule has 1 saturated heterocycles. The molecule has 1 atom stereocenters. The molecule has 2 aliphatic rings. The smallest absolute Gasteiger partial charge is 0.188 e. The van der Waals surface area contributed by atoms with Gasteiger partial charge in [-0.1, -0.05) is 0 Å². The highest BCUT2D eigenvalue weighted by atomic mass is 32.1. The van der Waals surface area contributed by atoms with Crippen molar-refractivity contribution in [2.24, 2.45) is 5.92 Å². The maximum absolute atomic E-state index is 5.51. The number of hydrogen-bond acceptors (Lipinski definition) is 6. The average Bonchev–Trinajstić information content (AvgIpc) is 3.08. The van der Waals surface area contributed by atoms with Gasteiger partial charge in [0.1, 0.15) is 0 Å². The summed E-state index contributed by atoms with van der Waals surface area (Å²) in [4.78, 5) is 15.9. The van der Waals surface area contributed by atoms with Gasteiger partial charge in [-0.3, -0.25) is 4.90 Å². The molecule has 0 radical (unpaired) electrons. The summed E-state index contributed by atoms with van der Waals surface area (Å²) in [6.07, 6.45) is 7.38. The van der Waals surface area contributed by atoms with Gasteiger partial charge in [0.2, 0.25) is 0 Å². The molecule has 5 nitrogen and oxygen atoms in total. The van der Waals surface area contributed by atoms with Gasteiger partial charge in [0.15, 0.2) is 10.8 Å². The first-order chi connectivity index (χ1) is 10.9. The first-order valence-corrected chi connectivity index (χ1v) is 8.80. The zero-order valence-corrected chi connectivity index (χ0v) is 13.3. The van der Waals surface area contributed by atoms with Gasteiger partial charge >= 0.3 is 0 Å². The van der Waals surface area contributed by atoms with Crippen LogP contribution in [0.15, 0.2) is 23.8 Å². The van der Waals surface area contributed by atoms with Crippen molar-refractivity contribution in [2.45, 2.75) is 31.8 Å². The fourth-order valence-corrected chi connectivity index (χ4v) is 3.70. The first kappa shape index (κ1) is 14.2. The van der Waals surface area contributed by atoms with E-state index in [2.05, 4.69) is 20.2 Å². The van der Waals surface area contributed by atoms with Gasteiger partial charge in [-0.2, -0.15) is 0 Å². The van der Waals surface area contributed by atoms with E-state index in [4.69, 9.17) is 9.72 Å². The first-order valence-electron chi connectivity index (χ1n) is 7.92. The van der Waals surface area contributed by atoms with Crippen molar-refractivity contribution in [1.29, 1.82) is 0 Å². The fourth-order valence-electron chi connectivity index (χ4n) is 2.94. The highest BCUT2D eigenvalue weighted by molar-refractivity contribution is 7.13. The molecule has 0 N–H and O–H groups in total. The van der Waals surface area contributed by atoms with Gasteiger partial charge in [-0.25, -0.2) is 15.0 Å². The van der Waals surface area contributed by atoms with Crippen molar-refractivity contribution >= 4 is 11.3 Å². The van der Waals surface area contributed by atoms with Crippen LogP contribution in [-0.2, 0) is 11.3 Å². The van der Waals surface area contributed by atoms with E-state index in [1.807, 2.05) is 6.07 Å². The molecule has 1 saturated carbocycles. The Kier molecular flexibility index (Phi) is 4.14. The summed E-state index contributed by atoms with van der Waals surface area (Å²) < 4.78 is 5.51. The molecule has 116 valence electrons. The largest absolute Gasteiger partial charge is 0.381 e. The van der Waals surface area contributed by atoms with Crippen LogP contribution in [0.1, 0.15) is 25.0 Å². The Balaban J connectivity index is 1.43. The Morgan fingerprint density at radius 2 is 2.09 bits per heavy atom. The summed E-state index contributed by atoms with van der Waals surface area (Å²) in [5.74, 6) is 1.41. The number of hydrogen-bond donors (Lipinski definition) is 0. The van der Waals surface area contributed by atoms with E-state index < -0.39 is 0 Å². The molecule has 0 amide bonds. The van der Waals surface area contributed by atoms with Crippen LogP contribution in [0.2, 0.25) is 0 Å². The van der Waals surface area contributed by atoms with Crippen molar-refractivity contribution < 1.29 is 4.74 Å². The average molecular weight is 316 g/mol. The molecule has 1 aliphatic heterocycles. The number of aromatic nitrogens is 3. The molecule has 2 fully saturated rings. The molecule has 6 heteroatoms. The molecule has 0 aromatic carbocycles. The van der Waals surface area contributed by atoms with Gasteiger partial charge in [-0.15, -0.1) is 11.3 Å². The lowest BCUT2D eigenvalue weighted by atomic mass is 10.1. The van der Waals surface area contributed by atoms with Gasteiger partial charge in [0.25, 0.3) is 0 Å². The van der Waals surface area contributed by atoms with Gasteiger partial charge in [0, 0.05) is 43.5 Å². The molecule has 0 bridgehead atoms. The maximum Gasteiger partial charge on any atom is 0.188 e. The van der Waals surface area contributed by atoms with E-state index >= 15 is 0 Å². The zero-order chi connectivity index (χ0) is 14.8. The van der Waals surface area contributed by atoms with E-state index in [0.29, 0.717) is 5.92 Å². The highest BCUT2D eigenvalue weighted by Crippen LogP contribution is 2.31. The van der Waals surface area contributed by atoms with Crippen molar-refractivity contribution in [3.63, 3.8) is 0 Å². The van der Waals surface area contributed by atoms with Crippen LogP contribution < -0.4 is 0 Å². The molecule has 3 heterocycles. The van der Waals surface area contributed by atoms with Crippen molar-refractivity contribution in [3.05, 3.63) is 29.5 Å². The monoisotopic (exact) mass is 316 g/mol. The van der Waals surface area contributed by atoms with E-state index in [1.165, 1.54) is 19.3 Å². The van der Waals surface area contributed by atoms with Gasteiger partial charge < -0.3 is 4.74 Å². The summed E-state index contributed by atoms with van der Waals surface area (Å²) in [6, 6.07) is 2.58. The normalized spacial score (nSPS) is 21.6. The Morgan fingerprint density at radius 3 is 2.82 bits per heavy atom. The topological polar surface area (TPSA) is 51.1 Å². The summed E-state index contributed by atoms with van der Waals surface area (Å²) >= 11 is 1.63. The van der Waals surface area contributed by atoms with Crippen LogP contribution in [-0.4, -0.2) is 45.7 Å². The molecule has 2 aromatic heterocycles. The van der Waals surface area contributed by atoms with Crippen LogP contribution >= 0.6 is 11.3 Å². The number of rotatable bonds is 6. The van der Waals surface area contributed by atoms with Crippen LogP contribution in [0.3, 0.4) is 0 Å². The lowest BCUT2D eigenvalue weighted by Crippen LogP contribution is -2.31. The van der Waals surface area contributed by atoms with Crippen molar-refractivity contribution in [2.75, 3.05) is 19.8 Å². The minimum absolute atomic E-state index is 0.691. The molecule has 2 aromatic rings. The Bertz CT molecular complexity index is 608. The second-order valence-electron chi connectivity index (χ2n) is 6.11. The molecule has 0 spiro atoms. The second-order valence-corrected chi connectivity index (χ2v) is 6.96. The molecule has 1 aliphatic carbocycles. The molecule has 22 heavy (non-hydrogen) atoms. The van der Waals surface area contributed by atoms with E-state index in [0.717, 1.165) is 48.9 Å². The summed E-state index contributed by atoms with van der Waals surface area (Å²) in [5.41, 5.74) is 1.14. The van der Waals surface area contributed by atoms with Gasteiger partial charge in [0.05, 0.1) is 12.3 Å². The third kappa shape index (κ3) is 3.34.